The van der Waals surface area contributed by atoms with Crippen molar-refractivity contribution in [3.63, 3.8) is 0 Å². The van der Waals surface area contributed by atoms with E-state index >= 15 is 0 Å². The first-order valence-electron chi connectivity index (χ1n) is 7.85. The maximum atomic E-state index is 13.1. The first kappa shape index (κ1) is 20.8. The van der Waals surface area contributed by atoms with Crippen molar-refractivity contribution >= 4 is 41.0 Å². The average Bonchev–Trinajstić information content (AvgIpc) is 2.64. The topological polar surface area (TPSA) is 69.2 Å². The van der Waals surface area contributed by atoms with Crippen LogP contribution in [-0.4, -0.2) is 32.4 Å². The van der Waals surface area contributed by atoms with E-state index in [1.807, 2.05) is 6.92 Å². The van der Waals surface area contributed by atoms with E-state index in [1.54, 1.807) is 12.1 Å². The largest absolute Gasteiger partial charge is 0.493 e. The number of nitrogens with one attached hydrogen (secondary N) is 1. The maximum absolute atomic E-state index is 13.1. The predicted octanol–water partition coefficient (Wildman–Crippen LogP) is 4.53. The number of halogens is 3. The zero-order valence-corrected chi connectivity index (χ0v) is 16.1. The Labute approximate surface area is 165 Å². The van der Waals surface area contributed by atoms with Gasteiger partial charge in [-0.2, -0.15) is 0 Å². The van der Waals surface area contributed by atoms with Gasteiger partial charge in [0.15, 0.2) is 18.1 Å². The molecule has 9 heteroatoms. The molecule has 0 saturated carbocycles. The minimum absolute atomic E-state index is 0.0898. The molecule has 0 aliphatic heterocycles. The molecule has 1 amide bonds. The zero-order valence-electron chi connectivity index (χ0n) is 14.6. The third-order valence-electron chi connectivity index (χ3n) is 3.22. The highest BCUT2D eigenvalue weighted by atomic mass is 35.5. The summed E-state index contributed by atoms with van der Waals surface area (Å²) in [6, 6.07) is 7.13. The Morgan fingerprint density at radius 1 is 1.26 bits per heavy atom. The number of hydrogen-bond donors (Lipinski definition) is 1. The lowest BCUT2D eigenvalue weighted by Gasteiger charge is -2.11. The van der Waals surface area contributed by atoms with Crippen molar-refractivity contribution in [2.75, 3.05) is 25.6 Å². The number of hydrogen-bond acceptors (Lipinski definition) is 5. The molecule has 0 aliphatic rings. The summed E-state index contributed by atoms with van der Waals surface area (Å²) in [5, 5.41) is 6.51. The fraction of sp³-hybridized carbons (Fsp3) is 0.222. The Hall–Kier alpha value is -2.51. The third-order valence-corrected chi connectivity index (χ3v) is 3.79. The normalized spacial score (nSPS) is 10.7. The van der Waals surface area contributed by atoms with Crippen molar-refractivity contribution in [2.45, 2.75) is 6.92 Å². The number of methoxy groups -OCH3 is 1. The molecule has 1 N–H and O–H groups in total. The molecule has 0 bridgehead atoms. The highest BCUT2D eigenvalue weighted by molar-refractivity contribution is 6.32. The van der Waals surface area contributed by atoms with Crippen molar-refractivity contribution in [1.82, 2.24) is 0 Å². The maximum Gasteiger partial charge on any atom is 0.265 e. The number of amides is 1. The second-order valence-electron chi connectivity index (χ2n) is 5.15. The Morgan fingerprint density at radius 2 is 2.04 bits per heavy atom. The van der Waals surface area contributed by atoms with Gasteiger partial charge in [-0.25, -0.2) is 4.39 Å². The average molecular weight is 415 g/mol. The molecular formula is C18H17Cl2FN2O4. The molecule has 2 rings (SSSR count). The molecule has 0 spiro atoms. The first-order valence-corrected chi connectivity index (χ1v) is 8.60. The molecule has 0 unspecified atom stereocenters. The van der Waals surface area contributed by atoms with Crippen LogP contribution in [0.1, 0.15) is 12.5 Å². The predicted molar refractivity (Wildman–Crippen MR) is 103 cm³/mol. The van der Waals surface area contributed by atoms with E-state index in [-0.39, 0.29) is 11.6 Å². The first-order chi connectivity index (χ1) is 12.9. The van der Waals surface area contributed by atoms with Crippen LogP contribution in [0, 0.1) is 5.82 Å². The second-order valence-corrected chi connectivity index (χ2v) is 5.97. The van der Waals surface area contributed by atoms with Gasteiger partial charge in [0, 0.05) is 11.3 Å². The minimum Gasteiger partial charge on any atom is -0.493 e. The SMILES string of the molecule is CCOc1c(Cl)cc(/C=N\OCC(=O)Nc2ccc(F)c(Cl)c2)cc1OC. The fourth-order valence-electron chi connectivity index (χ4n) is 2.06. The zero-order chi connectivity index (χ0) is 19.8. The van der Waals surface area contributed by atoms with Gasteiger partial charge in [-0.15, -0.1) is 0 Å². The summed E-state index contributed by atoms with van der Waals surface area (Å²) in [6.07, 6.45) is 1.38. The molecule has 144 valence electrons. The van der Waals surface area contributed by atoms with Crippen LogP contribution in [0.4, 0.5) is 10.1 Å². The van der Waals surface area contributed by atoms with Crippen molar-refractivity contribution in [2.24, 2.45) is 5.16 Å². The molecule has 27 heavy (non-hydrogen) atoms. The number of benzene rings is 2. The number of carbonyl (C=O) groups is 1. The van der Waals surface area contributed by atoms with Gasteiger partial charge in [0.2, 0.25) is 0 Å². The van der Waals surface area contributed by atoms with Gasteiger partial charge in [0.05, 0.1) is 30.0 Å². The van der Waals surface area contributed by atoms with E-state index in [4.69, 9.17) is 37.5 Å². The van der Waals surface area contributed by atoms with Crippen LogP contribution < -0.4 is 14.8 Å². The summed E-state index contributed by atoms with van der Waals surface area (Å²) in [6.45, 7) is 1.94. The van der Waals surface area contributed by atoms with Gasteiger partial charge >= 0.3 is 0 Å². The molecule has 0 radical (unpaired) electrons. The molecule has 0 saturated heterocycles. The van der Waals surface area contributed by atoms with Gasteiger partial charge in [0.1, 0.15) is 5.82 Å². The molecule has 0 fully saturated rings. The monoisotopic (exact) mass is 414 g/mol. The van der Waals surface area contributed by atoms with Gasteiger partial charge in [-0.05, 0) is 37.3 Å². The summed E-state index contributed by atoms with van der Waals surface area (Å²) >= 11 is 11.8. The van der Waals surface area contributed by atoms with Crippen molar-refractivity contribution < 1.29 is 23.5 Å². The molecule has 0 atom stereocenters. The Balaban J connectivity index is 1.92. The van der Waals surface area contributed by atoms with Crippen LogP contribution in [0.15, 0.2) is 35.5 Å². The lowest BCUT2D eigenvalue weighted by Crippen LogP contribution is -2.17. The third kappa shape index (κ3) is 6.01. The van der Waals surface area contributed by atoms with Crippen LogP contribution in [0.3, 0.4) is 0 Å². The molecule has 2 aromatic carbocycles. The lowest BCUT2D eigenvalue weighted by molar-refractivity contribution is -0.120. The number of oxime groups is 1. The van der Waals surface area contributed by atoms with Crippen LogP contribution in [0.5, 0.6) is 11.5 Å². The van der Waals surface area contributed by atoms with E-state index in [1.165, 1.54) is 25.5 Å². The fourth-order valence-corrected chi connectivity index (χ4v) is 2.52. The number of rotatable bonds is 8. The van der Waals surface area contributed by atoms with E-state index < -0.39 is 11.7 Å². The Kier molecular flexibility index (Phi) is 7.69. The summed E-state index contributed by atoms with van der Waals surface area (Å²) in [5.74, 6) is -0.147. The second kappa shape index (κ2) is 9.99. The molecule has 0 aromatic heterocycles. The molecule has 0 heterocycles. The highest BCUT2D eigenvalue weighted by Crippen LogP contribution is 2.36. The quantitative estimate of drug-likeness (QED) is 0.508. The van der Waals surface area contributed by atoms with E-state index in [9.17, 15) is 9.18 Å². The van der Waals surface area contributed by atoms with Gasteiger partial charge < -0.3 is 19.6 Å². The molecule has 2 aromatic rings. The highest BCUT2D eigenvalue weighted by Gasteiger charge is 2.11. The van der Waals surface area contributed by atoms with E-state index in [2.05, 4.69) is 10.5 Å². The van der Waals surface area contributed by atoms with Crippen LogP contribution in [0.25, 0.3) is 0 Å². The van der Waals surface area contributed by atoms with Crippen LogP contribution >= 0.6 is 23.2 Å². The number of nitrogens with zero attached hydrogens (tertiary/aromatic N) is 1. The number of ether oxygens (including phenoxy) is 2. The number of carbonyl (C=O) groups excluding carboxylic acids is 1. The van der Waals surface area contributed by atoms with Gasteiger partial charge in [0.25, 0.3) is 5.91 Å². The minimum atomic E-state index is -0.569. The van der Waals surface area contributed by atoms with Crippen LogP contribution in [-0.2, 0) is 9.63 Å². The van der Waals surface area contributed by atoms with Gasteiger partial charge in [-0.3, -0.25) is 4.79 Å². The smallest absolute Gasteiger partial charge is 0.265 e. The summed E-state index contributed by atoms with van der Waals surface area (Å²) in [4.78, 5) is 16.7. The lowest BCUT2D eigenvalue weighted by atomic mass is 10.2. The molecule has 6 nitrogen and oxygen atoms in total. The Bertz CT molecular complexity index is 846. The van der Waals surface area contributed by atoms with Crippen LogP contribution in [0.2, 0.25) is 10.0 Å². The van der Waals surface area contributed by atoms with Crippen molar-refractivity contribution in [3.05, 3.63) is 51.8 Å². The molecule has 0 aliphatic carbocycles. The van der Waals surface area contributed by atoms with Gasteiger partial charge in [-0.1, -0.05) is 28.4 Å². The standard InChI is InChI=1S/C18H17Cl2FN2O4/c1-3-26-18-14(20)6-11(7-16(18)25-2)9-22-27-10-17(24)23-12-4-5-15(21)13(19)8-12/h4-9H,3,10H2,1-2H3,(H,23,24)/b22-9-. The van der Waals surface area contributed by atoms with Crippen molar-refractivity contribution in [1.29, 1.82) is 0 Å². The van der Waals surface area contributed by atoms with E-state index in [0.717, 1.165) is 6.07 Å². The Morgan fingerprint density at radius 3 is 2.70 bits per heavy atom. The summed E-state index contributed by atoms with van der Waals surface area (Å²) in [7, 11) is 1.50. The molecular weight excluding hydrogens is 398 g/mol. The number of anilines is 1. The van der Waals surface area contributed by atoms with E-state index in [0.29, 0.717) is 34.4 Å². The summed E-state index contributed by atoms with van der Waals surface area (Å²) in [5.41, 5.74) is 0.952. The van der Waals surface area contributed by atoms with Crippen molar-refractivity contribution in [3.8, 4) is 11.5 Å². The summed E-state index contributed by atoms with van der Waals surface area (Å²) < 4.78 is 23.7.